The second-order valence-electron chi connectivity index (χ2n) is 4.32. The maximum absolute atomic E-state index is 6.31. The molecule has 2 rings (SSSR count). The molecule has 0 spiro atoms. The molecule has 0 unspecified atom stereocenters. The molecule has 0 fully saturated rings. The van der Waals surface area contributed by atoms with Gasteiger partial charge in [0.1, 0.15) is 0 Å². The Bertz CT molecular complexity index is 576. The van der Waals surface area contributed by atoms with Gasteiger partial charge in [-0.3, -0.25) is 4.98 Å². The number of aryl methyl sites for hydroxylation is 2. The van der Waals surface area contributed by atoms with Crippen LogP contribution in [0.5, 0.6) is 0 Å². The van der Waals surface area contributed by atoms with E-state index in [1.165, 1.54) is 5.56 Å². The molecule has 90 valence electrons. The van der Waals surface area contributed by atoms with Crippen molar-refractivity contribution in [2.45, 2.75) is 27.7 Å². The molecule has 0 bridgehead atoms. The Labute approximate surface area is 107 Å². The summed E-state index contributed by atoms with van der Waals surface area (Å²) in [5.74, 6) is 0. The van der Waals surface area contributed by atoms with Gasteiger partial charge in [0.05, 0.1) is 10.5 Å². The van der Waals surface area contributed by atoms with Crippen molar-refractivity contribution in [1.82, 2.24) is 4.98 Å². The van der Waals surface area contributed by atoms with Gasteiger partial charge in [-0.2, -0.15) is 0 Å². The average Bonchev–Trinajstić information content (AvgIpc) is 2.30. The molecular weight excluding hydrogens is 232 g/mol. The molecule has 0 amide bonds. The minimum absolute atomic E-state index is 0.761. The Hall–Kier alpha value is -1.28. The summed E-state index contributed by atoms with van der Waals surface area (Å²) in [7, 11) is 0. The molecular formula is C14H17ClN2. The van der Waals surface area contributed by atoms with Crippen LogP contribution in [0, 0.1) is 20.8 Å². The fourth-order valence-electron chi connectivity index (χ4n) is 2.07. The van der Waals surface area contributed by atoms with Crippen molar-refractivity contribution < 1.29 is 0 Å². The van der Waals surface area contributed by atoms with E-state index in [4.69, 9.17) is 11.6 Å². The number of fused-ring (bicyclic) bond motifs is 1. The van der Waals surface area contributed by atoms with Gasteiger partial charge in [0.25, 0.3) is 0 Å². The number of pyridine rings is 1. The summed E-state index contributed by atoms with van der Waals surface area (Å²) in [6, 6.07) is 3.96. The highest BCUT2D eigenvalue weighted by atomic mass is 35.5. The van der Waals surface area contributed by atoms with Gasteiger partial charge in [0.2, 0.25) is 0 Å². The zero-order chi connectivity index (χ0) is 12.6. The smallest absolute Gasteiger partial charge is 0.0770 e. The van der Waals surface area contributed by atoms with Crippen LogP contribution in [-0.4, -0.2) is 11.5 Å². The highest BCUT2D eigenvalue weighted by molar-refractivity contribution is 6.36. The first-order valence-electron chi connectivity index (χ1n) is 5.86. The van der Waals surface area contributed by atoms with Crippen LogP contribution in [0.15, 0.2) is 12.1 Å². The lowest BCUT2D eigenvalue weighted by molar-refractivity contribution is 1.15. The second kappa shape index (κ2) is 4.53. The van der Waals surface area contributed by atoms with Gasteiger partial charge in [0.15, 0.2) is 0 Å². The topological polar surface area (TPSA) is 24.9 Å². The van der Waals surface area contributed by atoms with Crippen LogP contribution >= 0.6 is 11.6 Å². The van der Waals surface area contributed by atoms with Crippen LogP contribution in [0.3, 0.4) is 0 Å². The molecule has 1 aromatic carbocycles. The number of halogens is 1. The van der Waals surface area contributed by atoms with E-state index in [-0.39, 0.29) is 0 Å². The third-order valence-corrected chi connectivity index (χ3v) is 3.44. The number of nitrogens with zero attached hydrogens (tertiary/aromatic N) is 1. The predicted octanol–water partition coefficient (Wildman–Crippen LogP) is 4.25. The molecule has 1 aromatic heterocycles. The fraction of sp³-hybridized carbons (Fsp3) is 0.357. The van der Waals surface area contributed by atoms with E-state index in [9.17, 15) is 0 Å². The molecule has 3 heteroatoms. The van der Waals surface area contributed by atoms with Gasteiger partial charge in [-0.25, -0.2) is 0 Å². The Balaban J connectivity index is 2.92. The van der Waals surface area contributed by atoms with Crippen molar-refractivity contribution in [2.24, 2.45) is 0 Å². The molecule has 2 aromatic rings. The van der Waals surface area contributed by atoms with Gasteiger partial charge in [-0.1, -0.05) is 17.7 Å². The predicted molar refractivity (Wildman–Crippen MR) is 75.1 cm³/mol. The van der Waals surface area contributed by atoms with E-state index >= 15 is 0 Å². The summed E-state index contributed by atoms with van der Waals surface area (Å²) in [5, 5.41) is 5.20. The minimum atomic E-state index is 0.761. The third kappa shape index (κ3) is 1.98. The highest BCUT2D eigenvalue weighted by Gasteiger charge is 2.13. The van der Waals surface area contributed by atoms with Crippen LogP contribution in [0.2, 0.25) is 5.02 Å². The number of hydrogen-bond donors (Lipinski definition) is 1. The largest absolute Gasteiger partial charge is 0.384 e. The molecule has 0 radical (unpaired) electrons. The summed E-state index contributed by atoms with van der Waals surface area (Å²) in [6.45, 7) is 9.15. The molecule has 2 nitrogen and oxygen atoms in total. The molecule has 0 saturated heterocycles. The first-order valence-corrected chi connectivity index (χ1v) is 6.24. The fourth-order valence-corrected chi connectivity index (χ4v) is 2.32. The van der Waals surface area contributed by atoms with Gasteiger partial charge < -0.3 is 5.32 Å². The van der Waals surface area contributed by atoms with E-state index in [1.807, 2.05) is 19.1 Å². The van der Waals surface area contributed by atoms with Crippen molar-refractivity contribution in [3.05, 3.63) is 34.0 Å². The lowest BCUT2D eigenvalue weighted by Crippen LogP contribution is -2.03. The van der Waals surface area contributed by atoms with Crippen LogP contribution < -0.4 is 5.32 Å². The van der Waals surface area contributed by atoms with Crippen molar-refractivity contribution in [3.63, 3.8) is 0 Å². The minimum Gasteiger partial charge on any atom is -0.384 e. The Morgan fingerprint density at radius 1 is 1.24 bits per heavy atom. The maximum Gasteiger partial charge on any atom is 0.0770 e. The number of benzene rings is 1. The molecule has 0 aliphatic carbocycles. The van der Waals surface area contributed by atoms with Crippen molar-refractivity contribution >= 4 is 28.2 Å². The normalized spacial score (nSPS) is 10.9. The summed E-state index contributed by atoms with van der Waals surface area (Å²) < 4.78 is 0. The first kappa shape index (κ1) is 12.2. The van der Waals surface area contributed by atoms with Gasteiger partial charge in [0, 0.05) is 23.3 Å². The van der Waals surface area contributed by atoms with Gasteiger partial charge >= 0.3 is 0 Å². The molecule has 0 saturated carbocycles. The quantitative estimate of drug-likeness (QED) is 0.860. The molecule has 1 heterocycles. The molecule has 0 aliphatic heterocycles. The van der Waals surface area contributed by atoms with E-state index in [1.54, 1.807) is 0 Å². The van der Waals surface area contributed by atoms with Crippen molar-refractivity contribution in [3.8, 4) is 0 Å². The SMILES string of the molecule is CCNc1c(C)c(C)nc2c(C)ccc(Cl)c12. The standard InChI is InChI=1S/C14H17ClN2/c1-5-16-14-9(3)10(4)17-13-8(2)6-7-11(15)12(13)14/h6-7H,5H2,1-4H3,(H,16,17). The second-order valence-corrected chi connectivity index (χ2v) is 4.72. The first-order chi connectivity index (χ1) is 8.06. The third-order valence-electron chi connectivity index (χ3n) is 3.13. The summed E-state index contributed by atoms with van der Waals surface area (Å²) in [4.78, 5) is 4.65. The van der Waals surface area contributed by atoms with Crippen LogP contribution in [0.25, 0.3) is 10.9 Å². The number of anilines is 1. The van der Waals surface area contributed by atoms with Gasteiger partial charge in [-0.15, -0.1) is 0 Å². The number of nitrogens with one attached hydrogen (secondary N) is 1. The van der Waals surface area contributed by atoms with Crippen molar-refractivity contribution in [2.75, 3.05) is 11.9 Å². The highest BCUT2D eigenvalue weighted by Crippen LogP contribution is 2.34. The molecule has 1 N–H and O–H groups in total. The van der Waals surface area contributed by atoms with Crippen LogP contribution in [0.1, 0.15) is 23.7 Å². The zero-order valence-corrected chi connectivity index (χ0v) is 11.4. The number of hydrogen-bond acceptors (Lipinski definition) is 2. The molecule has 0 atom stereocenters. The van der Waals surface area contributed by atoms with E-state index in [2.05, 4.69) is 31.1 Å². The number of aromatic nitrogens is 1. The molecule has 0 aliphatic rings. The van der Waals surface area contributed by atoms with Crippen LogP contribution in [0.4, 0.5) is 5.69 Å². The van der Waals surface area contributed by atoms with E-state index < -0.39 is 0 Å². The molecule has 17 heavy (non-hydrogen) atoms. The summed E-state index contributed by atoms with van der Waals surface area (Å²) >= 11 is 6.31. The monoisotopic (exact) mass is 248 g/mol. The number of rotatable bonds is 2. The maximum atomic E-state index is 6.31. The Morgan fingerprint density at radius 3 is 2.59 bits per heavy atom. The average molecular weight is 249 g/mol. The summed E-state index contributed by atoms with van der Waals surface area (Å²) in [5.41, 5.74) is 5.50. The zero-order valence-electron chi connectivity index (χ0n) is 10.7. The van der Waals surface area contributed by atoms with E-state index in [0.717, 1.165) is 39.4 Å². The van der Waals surface area contributed by atoms with Crippen molar-refractivity contribution in [1.29, 1.82) is 0 Å². The van der Waals surface area contributed by atoms with Crippen LogP contribution in [-0.2, 0) is 0 Å². The Kier molecular flexibility index (Phi) is 3.25. The lowest BCUT2D eigenvalue weighted by atomic mass is 10.0. The van der Waals surface area contributed by atoms with Gasteiger partial charge in [-0.05, 0) is 44.9 Å². The van der Waals surface area contributed by atoms with E-state index in [0.29, 0.717) is 0 Å². The summed E-state index contributed by atoms with van der Waals surface area (Å²) in [6.07, 6.45) is 0. The Morgan fingerprint density at radius 2 is 1.94 bits per heavy atom. The lowest BCUT2D eigenvalue weighted by Gasteiger charge is -2.15.